The number of benzene rings is 2. The van der Waals surface area contributed by atoms with Gasteiger partial charge in [-0.2, -0.15) is 0 Å². The highest BCUT2D eigenvalue weighted by atomic mass is 32.2. The first-order valence-corrected chi connectivity index (χ1v) is 10.4. The van der Waals surface area contributed by atoms with Crippen LogP contribution in [0.3, 0.4) is 0 Å². The van der Waals surface area contributed by atoms with Crippen LogP contribution in [0.15, 0.2) is 64.5 Å². The second kappa shape index (κ2) is 8.08. The third-order valence-corrected chi connectivity index (χ3v) is 5.69. The van der Waals surface area contributed by atoms with Gasteiger partial charge < -0.3 is 5.32 Å². The molecule has 4 aromatic rings. The monoisotopic (exact) mass is 407 g/mol. The number of para-hydroxylation sites is 2. The summed E-state index contributed by atoms with van der Waals surface area (Å²) < 4.78 is 3.39. The summed E-state index contributed by atoms with van der Waals surface area (Å²) in [6.45, 7) is 4.00. The molecule has 4 rings (SSSR count). The second-order valence-electron chi connectivity index (χ2n) is 6.78. The maximum absolute atomic E-state index is 13.2. The molecule has 0 unspecified atom stereocenters. The highest BCUT2D eigenvalue weighted by Gasteiger charge is 2.18. The van der Waals surface area contributed by atoms with Crippen molar-refractivity contribution in [3.63, 3.8) is 0 Å². The van der Waals surface area contributed by atoms with Crippen LogP contribution in [0.25, 0.3) is 22.4 Å². The minimum absolute atomic E-state index is 0.0539. The van der Waals surface area contributed by atoms with Gasteiger partial charge in [-0.1, -0.05) is 49.0 Å². The predicted molar refractivity (Wildman–Crippen MR) is 115 cm³/mol. The predicted octanol–water partition coefficient (Wildman–Crippen LogP) is 3.04. The largest absolute Gasteiger partial charge is 0.353 e. The maximum atomic E-state index is 13.2. The zero-order chi connectivity index (χ0) is 20.4. The van der Waals surface area contributed by atoms with Gasteiger partial charge in [0.1, 0.15) is 0 Å². The quantitative estimate of drug-likeness (QED) is 0.497. The van der Waals surface area contributed by atoms with Crippen molar-refractivity contribution < 1.29 is 4.79 Å². The first kappa shape index (κ1) is 19.2. The smallest absolute Gasteiger partial charge is 0.267 e. The van der Waals surface area contributed by atoms with E-state index < -0.39 is 0 Å². The van der Waals surface area contributed by atoms with E-state index in [-0.39, 0.29) is 23.3 Å². The minimum Gasteiger partial charge on any atom is -0.353 e. The number of carbonyl (C=O) groups excluding carboxylic acids is 1. The molecule has 148 valence electrons. The Hall–Kier alpha value is -3.13. The molecule has 0 aliphatic carbocycles. The van der Waals surface area contributed by atoms with Crippen molar-refractivity contribution in [3.05, 3.63) is 65.0 Å². The van der Waals surface area contributed by atoms with Crippen molar-refractivity contribution in [2.75, 3.05) is 5.75 Å². The van der Waals surface area contributed by atoms with Crippen LogP contribution in [-0.4, -0.2) is 36.9 Å². The van der Waals surface area contributed by atoms with Gasteiger partial charge in [0.25, 0.3) is 5.56 Å². The highest BCUT2D eigenvalue weighted by Crippen LogP contribution is 2.23. The van der Waals surface area contributed by atoms with E-state index in [1.54, 1.807) is 10.6 Å². The van der Waals surface area contributed by atoms with E-state index in [0.717, 1.165) is 11.9 Å². The summed E-state index contributed by atoms with van der Waals surface area (Å²) in [4.78, 5) is 25.4. The molecule has 7 nitrogen and oxygen atoms in total. The van der Waals surface area contributed by atoms with Gasteiger partial charge in [-0.15, -0.1) is 10.2 Å². The lowest BCUT2D eigenvalue weighted by atomic mass is 10.2. The number of nitrogens with one attached hydrogen (secondary N) is 1. The fourth-order valence-corrected chi connectivity index (χ4v) is 3.88. The molecular weight excluding hydrogens is 386 g/mol. The lowest BCUT2D eigenvalue weighted by Crippen LogP contribution is -2.33. The average molecular weight is 407 g/mol. The molecule has 0 saturated heterocycles. The fraction of sp³-hybridized carbons (Fsp3) is 0.238. The minimum atomic E-state index is -0.155. The normalized spacial score (nSPS) is 12.3. The average Bonchev–Trinajstić information content (AvgIpc) is 3.17. The van der Waals surface area contributed by atoms with E-state index in [0.29, 0.717) is 22.0 Å². The molecule has 0 saturated carbocycles. The summed E-state index contributed by atoms with van der Waals surface area (Å²) >= 11 is 1.30. The van der Waals surface area contributed by atoms with Gasteiger partial charge in [0.2, 0.25) is 11.7 Å². The lowest BCUT2D eigenvalue weighted by molar-refractivity contribution is -0.119. The SMILES string of the molecule is CC[C@@H](C)NC(=O)CSc1nnc2n(-c3ccccc3)c(=O)c3ccccc3n12. The Kier molecular flexibility index (Phi) is 5.35. The zero-order valence-electron chi connectivity index (χ0n) is 16.2. The van der Waals surface area contributed by atoms with Gasteiger partial charge in [0, 0.05) is 6.04 Å². The van der Waals surface area contributed by atoms with Gasteiger partial charge in [-0.3, -0.25) is 14.0 Å². The number of rotatable bonds is 6. The van der Waals surface area contributed by atoms with Crippen LogP contribution in [0.1, 0.15) is 20.3 Å². The number of nitrogens with zero attached hydrogens (tertiary/aromatic N) is 4. The molecule has 8 heteroatoms. The van der Waals surface area contributed by atoms with Crippen molar-refractivity contribution >= 4 is 34.3 Å². The van der Waals surface area contributed by atoms with Crippen LogP contribution in [0, 0.1) is 0 Å². The number of fused-ring (bicyclic) bond motifs is 3. The number of hydrogen-bond acceptors (Lipinski definition) is 5. The third kappa shape index (κ3) is 3.63. The van der Waals surface area contributed by atoms with Gasteiger partial charge in [-0.05, 0) is 37.6 Å². The van der Waals surface area contributed by atoms with Crippen LogP contribution < -0.4 is 10.9 Å². The molecule has 0 radical (unpaired) electrons. The molecule has 0 aliphatic rings. The first-order chi connectivity index (χ1) is 14.1. The Morgan fingerprint density at radius 3 is 2.59 bits per heavy atom. The summed E-state index contributed by atoms with van der Waals surface area (Å²) in [6.07, 6.45) is 0.873. The summed E-state index contributed by atoms with van der Waals surface area (Å²) in [5.41, 5.74) is 1.28. The van der Waals surface area contributed by atoms with E-state index in [1.807, 2.05) is 66.8 Å². The molecular formula is C21H21N5O2S. The molecule has 1 atom stereocenters. The van der Waals surface area contributed by atoms with Crippen LogP contribution in [-0.2, 0) is 4.79 Å². The Balaban J connectivity index is 1.84. The van der Waals surface area contributed by atoms with E-state index in [1.165, 1.54) is 11.8 Å². The summed E-state index contributed by atoms with van der Waals surface area (Å²) in [5.74, 6) is 0.593. The molecule has 2 aromatic carbocycles. The molecule has 0 fully saturated rings. The first-order valence-electron chi connectivity index (χ1n) is 9.46. The topological polar surface area (TPSA) is 81.3 Å². The van der Waals surface area contributed by atoms with Crippen LogP contribution in [0.4, 0.5) is 0 Å². The number of thioether (sulfide) groups is 1. The molecule has 1 amide bonds. The van der Waals surface area contributed by atoms with Crippen LogP contribution in [0.5, 0.6) is 0 Å². The van der Waals surface area contributed by atoms with Gasteiger partial charge in [-0.25, -0.2) is 4.57 Å². The van der Waals surface area contributed by atoms with Crippen molar-refractivity contribution in [2.45, 2.75) is 31.5 Å². The fourth-order valence-electron chi connectivity index (χ4n) is 3.13. The molecule has 0 bridgehead atoms. The van der Waals surface area contributed by atoms with Crippen LogP contribution in [0.2, 0.25) is 0 Å². The number of amides is 1. The van der Waals surface area contributed by atoms with Gasteiger partial charge in [0.15, 0.2) is 5.16 Å². The molecule has 0 spiro atoms. The number of aromatic nitrogens is 4. The molecule has 29 heavy (non-hydrogen) atoms. The molecule has 2 heterocycles. The Labute approximate surface area is 171 Å². The van der Waals surface area contributed by atoms with E-state index >= 15 is 0 Å². The summed E-state index contributed by atoms with van der Waals surface area (Å²) in [5, 5.41) is 12.6. The van der Waals surface area contributed by atoms with E-state index in [2.05, 4.69) is 15.5 Å². The number of carbonyl (C=O) groups is 1. The summed E-state index contributed by atoms with van der Waals surface area (Å²) in [7, 11) is 0. The highest BCUT2D eigenvalue weighted by molar-refractivity contribution is 7.99. The van der Waals surface area contributed by atoms with Crippen molar-refractivity contribution in [1.29, 1.82) is 0 Å². The van der Waals surface area contributed by atoms with Crippen molar-refractivity contribution in [2.24, 2.45) is 0 Å². The Morgan fingerprint density at radius 1 is 1.10 bits per heavy atom. The third-order valence-electron chi connectivity index (χ3n) is 4.76. The summed E-state index contributed by atoms with van der Waals surface area (Å²) in [6, 6.07) is 16.9. The maximum Gasteiger partial charge on any atom is 0.267 e. The molecule has 0 aliphatic heterocycles. The van der Waals surface area contributed by atoms with Gasteiger partial charge >= 0.3 is 0 Å². The zero-order valence-corrected chi connectivity index (χ0v) is 17.0. The van der Waals surface area contributed by atoms with Gasteiger partial charge in [0.05, 0.1) is 22.3 Å². The lowest BCUT2D eigenvalue weighted by Gasteiger charge is -2.12. The van der Waals surface area contributed by atoms with Crippen LogP contribution >= 0.6 is 11.8 Å². The van der Waals surface area contributed by atoms with Crippen molar-refractivity contribution in [3.8, 4) is 5.69 Å². The molecule has 1 N–H and O–H groups in total. The van der Waals surface area contributed by atoms with Crippen molar-refractivity contribution in [1.82, 2.24) is 24.5 Å². The second-order valence-corrected chi connectivity index (χ2v) is 7.72. The standard InChI is InChI=1S/C21H21N5O2S/c1-3-14(2)22-18(27)13-29-21-24-23-20-25(15-9-5-4-6-10-15)19(28)16-11-7-8-12-17(16)26(20)21/h4-12,14H,3,13H2,1-2H3,(H,22,27)/t14-/m1/s1. The number of hydrogen-bond donors (Lipinski definition) is 1. The van der Waals surface area contributed by atoms with E-state index in [9.17, 15) is 9.59 Å². The van der Waals surface area contributed by atoms with E-state index in [4.69, 9.17) is 0 Å². The molecule has 2 aromatic heterocycles. The Bertz CT molecular complexity index is 1230. The Morgan fingerprint density at radius 2 is 1.83 bits per heavy atom.